The predicted octanol–water partition coefficient (Wildman–Crippen LogP) is 4.53. The summed E-state index contributed by atoms with van der Waals surface area (Å²) in [4.78, 5) is 28.1. The third-order valence-electron chi connectivity index (χ3n) is 6.71. The number of nitrogens with one attached hydrogen (secondary N) is 1. The molecule has 1 atom stereocenters. The van der Waals surface area contributed by atoms with E-state index in [2.05, 4.69) is 5.32 Å². The first kappa shape index (κ1) is 19.9. The zero-order valence-corrected chi connectivity index (χ0v) is 18.1. The molecule has 3 aliphatic rings. The van der Waals surface area contributed by atoms with Gasteiger partial charge in [0.2, 0.25) is 5.91 Å². The molecule has 6 rings (SSSR count). The van der Waals surface area contributed by atoms with Crippen molar-refractivity contribution in [1.82, 2.24) is 4.90 Å². The number of anilines is 1. The zero-order valence-electron chi connectivity index (χ0n) is 18.1. The summed E-state index contributed by atoms with van der Waals surface area (Å²) in [5, 5.41) is 2.98. The van der Waals surface area contributed by atoms with Crippen LogP contribution in [0.4, 0.5) is 5.69 Å². The van der Waals surface area contributed by atoms with Gasteiger partial charge in [-0.2, -0.15) is 0 Å². The van der Waals surface area contributed by atoms with Gasteiger partial charge in [0.25, 0.3) is 11.7 Å². The number of furan rings is 1. The number of nitrogens with zero attached hydrogens (tertiary/aromatic N) is 1. The Labute approximate surface area is 191 Å². The Morgan fingerprint density at radius 3 is 2.52 bits per heavy atom. The summed E-state index contributed by atoms with van der Waals surface area (Å²) in [7, 11) is 0. The van der Waals surface area contributed by atoms with Gasteiger partial charge in [-0.1, -0.05) is 24.3 Å². The van der Waals surface area contributed by atoms with Gasteiger partial charge in [0, 0.05) is 37.6 Å². The Kier molecular flexibility index (Phi) is 4.64. The Hall–Kier alpha value is -3.74. The maximum absolute atomic E-state index is 13.4. The molecule has 1 spiro atoms. The van der Waals surface area contributed by atoms with Gasteiger partial charge >= 0.3 is 0 Å². The minimum Gasteiger partial charge on any atom is -0.459 e. The number of hydrogen-bond acceptors (Lipinski definition) is 5. The summed E-state index contributed by atoms with van der Waals surface area (Å²) in [6.45, 7) is 0.345. The molecule has 2 amide bonds. The molecule has 2 aromatic carbocycles. The lowest BCUT2D eigenvalue weighted by Gasteiger charge is -2.35. The van der Waals surface area contributed by atoms with E-state index in [0.29, 0.717) is 30.2 Å². The molecule has 0 radical (unpaired) electrons. The van der Waals surface area contributed by atoms with Crippen LogP contribution in [-0.4, -0.2) is 28.5 Å². The maximum Gasteiger partial charge on any atom is 0.290 e. The highest BCUT2D eigenvalue weighted by molar-refractivity contribution is 6.00. The van der Waals surface area contributed by atoms with Gasteiger partial charge in [-0.3, -0.25) is 9.59 Å². The third-order valence-corrected chi connectivity index (χ3v) is 6.71. The molecule has 0 saturated heterocycles. The summed E-state index contributed by atoms with van der Waals surface area (Å²) in [6.07, 6.45) is 5.80. The van der Waals surface area contributed by atoms with Gasteiger partial charge in [0.05, 0.1) is 6.26 Å². The van der Waals surface area contributed by atoms with Crippen LogP contribution in [0.5, 0.6) is 11.5 Å². The fraction of sp³-hybridized carbons (Fsp3) is 0.308. The second-order valence-electron chi connectivity index (χ2n) is 8.87. The van der Waals surface area contributed by atoms with Crippen LogP contribution < -0.4 is 14.8 Å². The summed E-state index contributed by atoms with van der Waals surface area (Å²) >= 11 is 0. The van der Waals surface area contributed by atoms with Gasteiger partial charge in [-0.05, 0) is 48.2 Å². The monoisotopic (exact) mass is 444 g/mol. The van der Waals surface area contributed by atoms with Crippen LogP contribution in [0.3, 0.4) is 0 Å². The summed E-state index contributed by atoms with van der Waals surface area (Å²) in [6, 6.07) is 16.0. The first-order valence-electron chi connectivity index (χ1n) is 11.3. The highest BCUT2D eigenvalue weighted by atomic mass is 16.7. The van der Waals surface area contributed by atoms with Crippen LogP contribution in [0.15, 0.2) is 65.3 Å². The molecule has 0 bridgehead atoms. The number of rotatable bonds is 3. The number of carbonyl (C=O) groups excluding carboxylic acids is 2. The van der Waals surface area contributed by atoms with Crippen molar-refractivity contribution in [2.45, 2.75) is 50.5 Å². The average Bonchev–Trinajstić information content (AvgIpc) is 3.59. The number of hydrogen-bond donors (Lipinski definition) is 1. The molecular formula is C26H24N2O5. The van der Waals surface area contributed by atoms with E-state index < -0.39 is 11.8 Å². The highest BCUT2D eigenvalue weighted by Crippen LogP contribution is 2.47. The fourth-order valence-corrected chi connectivity index (χ4v) is 5.03. The normalized spacial score (nSPS) is 20.0. The average molecular weight is 444 g/mol. The molecule has 1 fully saturated rings. The van der Waals surface area contributed by atoms with Gasteiger partial charge in [0.1, 0.15) is 6.04 Å². The molecular weight excluding hydrogens is 420 g/mol. The van der Waals surface area contributed by atoms with E-state index >= 15 is 0 Å². The lowest BCUT2D eigenvalue weighted by atomic mass is 9.93. The second-order valence-corrected chi connectivity index (χ2v) is 8.87. The number of ether oxygens (including phenoxy) is 2. The van der Waals surface area contributed by atoms with Crippen molar-refractivity contribution in [3.8, 4) is 11.5 Å². The lowest BCUT2D eigenvalue weighted by molar-refractivity contribution is -0.121. The standard InChI is InChI=1S/C26H24N2O5/c29-24(27-19-9-10-21-23(15-19)33-26(32-21)11-3-4-12-26)20-14-17-6-1-2-7-18(17)16-28(20)25(30)22-8-5-13-31-22/h1-2,5-10,13,15,20H,3-4,11-12,14,16H2,(H,27,29). The van der Waals surface area contributed by atoms with Crippen molar-refractivity contribution in [3.63, 3.8) is 0 Å². The molecule has 2 aliphatic heterocycles. The van der Waals surface area contributed by atoms with E-state index in [1.807, 2.05) is 36.4 Å². The fourth-order valence-electron chi connectivity index (χ4n) is 5.03. The summed E-state index contributed by atoms with van der Waals surface area (Å²) in [5.41, 5.74) is 2.71. The Morgan fingerprint density at radius 1 is 0.939 bits per heavy atom. The molecule has 7 heteroatoms. The van der Waals surface area contributed by atoms with Crippen molar-refractivity contribution in [1.29, 1.82) is 0 Å². The minimum absolute atomic E-state index is 0.220. The van der Waals surface area contributed by atoms with Gasteiger partial charge in [0.15, 0.2) is 17.3 Å². The van der Waals surface area contributed by atoms with E-state index in [-0.39, 0.29) is 17.6 Å². The number of fused-ring (bicyclic) bond motifs is 2. The minimum atomic E-state index is -0.663. The molecule has 1 aromatic heterocycles. The Balaban J connectivity index is 1.25. The third kappa shape index (κ3) is 3.53. The van der Waals surface area contributed by atoms with Crippen molar-refractivity contribution in [2.75, 3.05) is 5.32 Å². The molecule has 1 saturated carbocycles. The second kappa shape index (κ2) is 7.69. The molecule has 7 nitrogen and oxygen atoms in total. The SMILES string of the molecule is O=C(Nc1ccc2c(c1)OC1(CCCC1)O2)C1Cc2ccccc2CN1C(=O)c1ccco1. The summed E-state index contributed by atoms with van der Waals surface area (Å²) in [5.74, 6) is 0.465. The Bertz CT molecular complexity index is 1210. The van der Waals surface area contributed by atoms with E-state index in [0.717, 1.165) is 36.8 Å². The smallest absolute Gasteiger partial charge is 0.290 e. The quantitative estimate of drug-likeness (QED) is 0.642. The van der Waals surface area contributed by atoms with Crippen LogP contribution in [0.2, 0.25) is 0 Å². The van der Waals surface area contributed by atoms with Crippen molar-refractivity contribution in [2.24, 2.45) is 0 Å². The Morgan fingerprint density at radius 2 is 1.73 bits per heavy atom. The zero-order chi connectivity index (χ0) is 22.4. The number of benzene rings is 2. The highest BCUT2D eigenvalue weighted by Gasteiger charge is 2.44. The van der Waals surface area contributed by atoms with E-state index in [1.54, 1.807) is 23.1 Å². The van der Waals surface area contributed by atoms with Gasteiger partial charge in [-0.25, -0.2) is 0 Å². The molecule has 33 heavy (non-hydrogen) atoms. The number of amides is 2. The molecule has 1 aliphatic carbocycles. The van der Waals surface area contributed by atoms with Crippen LogP contribution in [0.25, 0.3) is 0 Å². The van der Waals surface area contributed by atoms with Crippen LogP contribution >= 0.6 is 0 Å². The molecule has 168 valence electrons. The van der Waals surface area contributed by atoms with E-state index in [4.69, 9.17) is 13.9 Å². The summed E-state index contributed by atoms with van der Waals surface area (Å²) < 4.78 is 17.5. The van der Waals surface area contributed by atoms with Crippen molar-refractivity contribution < 1.29 is 23.5 Å². The topological polar surface area (TPSA) is 81.0 Å². The molecule has 3 heterocycles. The molecule has 1 unspecified atom stereocenters. The largest absolute Gasteiger partial charge is 0.459 e. The lowest BCUT2D eigenvalue weighted by Crippen LogP contribution is -2.50. The van der Waals surface area contributed by atoms with Crippen molar-refractivity contribution >= 4 is 17.5 Å². The first-order valence-corrected chi connectivity index (χ1v) is 11.3. The maximum atomic E-state index is 13.4. The van der Waals surface area contributed by atoms with Crippen LogP contribution in [-0.2, 0) is 17.8 Å². The number of carbonyl (C=O) groups is 2. The predicted molar refractivity (Wildman–Crippen MR) is 120 cm³/mol. The molecule has 3 aromatic rings. The van der Waals surface area contributed by atoms with Gasteiger partial charge in [-0.15, -0.1) is 0 Å². The van der Waals surface area contributed by atoms with Crippen LogP contribution in [0, 0.1) is 0 Å². The van der Waals surface area contributed by atoms with E-state index in [9.17, 15) is 9.59 Å². The van der Waals surface area contributed by atoms with Crippen LogP contribution in [0.1, 0.15) is 47.4 Å². The van der Waals surface area contributed by atoms with Gasteiger partial charge < -0.3 is 24.1 Å². The molecule has 1 N–H and O–H groups in total. The van der Waals surface area contributed by atoms with E-state index in [1.165, 1.54) is 6.26 Å². The first-order chi connectivity index (χ1) is 16.1. The van der Waals surface area contributed by atoms with Crippen molar-refractivity contribution in [3.05, 3.63) is 77.7 Å².